The molecule has 0 spiro atoms. The van der Waals surface area contributed by atoms with Crippen LogP contribution in [0, 0.1) is 0 Å². The van der Waals surface area contributed by atoms with Crippen molar-refractivity contribution in [1.29, 1.82) is 0 Å². The second-order valence-corrected chi connectivity index (χ2v) is 7.36. The summed E-state index contributed by atoms with van der Waals surface area (Å²) in [6, 6.07) is 14.6. The first-order chi connectivity index (χ1) is 14.2. The molecule has 2 heterocycles. The summed E-state index contributed by atoms with van der Waals surface area (Å²) in [5, 5.41) is 2.85. The van der Waals surface area contributed by atoms with Crippen molar-refractivity contribution >= 4 is 35.0 Å². The van der Waals surface area contributed by atoms with Gasteiger partial charge in [-0.1, -0.05) is 23.9 Å². The number of ether oxygens (including phenoxy) is 1. The molecule has 1 aliphatic rings. The minimum atomic E-state index is -0.321. The highest BCUT2D eigenvalue weighted by Gasteiger charge is 2.27. The minimum absolute atomic E-state index is 0.0679. The molecule has 0 unspecified atom stereocenters. The Kier molecular flexibility index (Phi) is 5.55. The standard InChI is InChI=1S/C21H18N4O3S/c1-28-11-10-25-17-7-6-14(24-20(26)16-8-9-22-13-23-16)12-19(17)29-18-5-3-2-4-15(18)21(25)27/h2-9,12-13H,10-11H2,1H3,(H,24,26). The fraction of sp³-hybridized carbons (Fsp3) is 0.143. The molecule has 7 nitrogen and oxygen atoms in total. The number of aromatic nitrogens is 2. The van der Waals surface area contributed by atoms with E-state index in [0.717, 1.165) is 15.5 Å². The normalized spacial score (nSPS) is 12.7. The second kappa shape index (κ2) is 8.42. The number of anilines is 2. The summed E-state index contributed by atoms with van der Waals surface area (Å²) in [4.78, 5) is 36.8. The van der Waals surface area contributed by atoms with Crippen LogP contribution in [-0.2, 0) is 4.74 Å². The maximum atomic E-state index is 13.1. The Hall–Kier alpha value is -3.23. The number of hydrogen-bond acceptors (Lipinski definition) is 6. The van der Waals surface area contributed by atoms with Crippen LogP contribution in [0.1, 0.15) is 20.8 Å². The Morgan fingerprint density at radius 2 is 2.03 bits per heavy atom. The molecule has 0 bridgehead atoms. The molecule has 1 N–H and O–H groups in total. The van der Waals surface area contributed by atoms with E-state index in [1.54, 1.807) is 24.1 Å². The van der Waals surface area contributed by atoms with Crippen LogP contribution in [0.15, 0.2) is 70.8 Å². The molecule has 0 fully saturated rings. The molecular weight excluding hydrogens is 388 g/mol. The lowest BCUT2D eigenvalue weighted by molar-refractivity contribution is 0.0971. The summed E-state index contributed by atoms with van der Waals surface area (Å²) in [6.07, 6.45) is 2.85. The number of rotatable bonds is 5. The molecular formula is C21H18N4O3S. The fourth-order valence-electron chi connectivity index (χ4n) is 3.03. The van der Waals surface area contributed by atoms with Crippen LogP contribution in [0.4, 0.5) is 11.4 Å². The van der Waals surface area contributed by atoms with Crippen molar-refractivity contribution < 1.29 is 14.3 Å². The van der Waals surface area contributed by atoms with Gasteiger partial charge in [0.25, 0.3) is 11.8 Å². The van der Waals surface area contributed by atoms with E-state index in [4.69, 9.17) is 4.74 Å². The summed E-state index contributed by atoms with van der Waals surface area (Å²) in [7, 11) is 1.61. The van der Waals surface area contributed by atoms with Crippen LogP contribution >= 0.6 is 11.8 Å². The maximum Gasteiger partial charge on any atom is 0.274 e. The average Bonchev–Trinajstić information content (AvgIpc) is 2.87. The molecule has 1 aliphatic heterocycles. The van der Waals surface area contributed by atoms with E-state index in [1.165, 1.54) is 24.3 Å². The van der Waals surface area contributed by atoms with Gasteiger partial charge in [0.1, 0.15) is 12.0 Å². The van der Waals surface area contributed by atoms with E-state index in [2.05, 4.69) is 15.3 Å². The lowest BCUT2D eigenvalue weighted by Gasteiger charge is -2.23. The monoisotopic (exact) mass is 406 g/mol. The molecule has 1 aromatic heterocycles. The van der Waals surface area contributed by atoms with Crippen LogP contribution in [-0.4, -0.2) is 42.0 Å². The van der Waals surface area contributed by atoms with Gasteiger partial charge in [0, 0.05) is 35.3 Å². The molecule has 0 saturated carbocycles. The van der Waals surface area contributed by atoms with E-state index < -0.39 is 0 Å². The highest BCUT2D eigenvalue weighted by atomic mass is 32.2. The molecule has 0 radical (unpaired) electrons. The van der Waals surface area contributed by atoms with E-state index in [9.17, 15) is 9.59 Å². The van der Waals surface area contributed by atoms with Crippen molar-refractivity contribution in [2.75, 3.05) is 30.5 Å². The van der Waals surface area contributed by atoms with Gasteiger partial charge in [-0.2, -0.15) is 0 Å². The van der Waals surface area contributed by atoms with Crippen molar-refractivity contribution in [3.8, 4) is 0 Å². The third-order valence-corrected chi connectivity index (χ3v) is 5.55. The Morgan fingerprint density at radius 3 is 2.83 bits per heavy atom. The molecule has 0 atom stereocenters. The maximum absolute atomic E-state index is 13.1. The lowest BCUT2D eigenvalue weighted by Crippen LogP contribution is -2.33. The first-order valence-corrected chi connectivity index (χ1v) is 9.78. The first kappa shape index (κ1) is 19.1. The van der Waals surface area contributed by atoms with E-state index in [1.807, 2.05) is 36.4 Å². The summed E-state index contributed by atoms with van der Waals surface area (Å²) >= 11 is 1.50. The van der Waals surface area contributed by atoms with E-state index >= 15 is 0 Å². The number of hydrogen-bond donors (Lipinski definition) is 1. The van der Waals surface area contributed by atoms with Gasteiger partial charge < -0.3 is 15.0 Å². The summed E-state index contributed by atoms with van der Waals surface area (Å²) in [5.74, 6) is -0.389. The third kappa shape index (κ3) is 3.98. The highest BCUT2D eigenvalue weighted by molar-refractivity contribution is 7.99. The smallest absolute Gasteiger partial charge is 0.274 e. The van der Waals surface area contributed by atoms with Gasteiger partial charge in [-0.15, -0.1) is 0 Å². The van der Waals surface area contributed by atoms with Crippen LogP contribution in [0.5, 0.6) is 0 Å². The molecule has 2 amide bonds. The van der Waals surface area contributed by atoms with Gasteiger partial charge in [0.05, 0.1) is 17.9 Å². The number of carbonyl (C=O) groups is 2. The molecule has 3 aromatic rings. The van der Waals surface area contributed by atoms with E-state index in [-0.39, 0.29) is 17.5 Å². The second-order valence-electron chi connectivity index (χ2n) is 6.28. The van der Waals surface area contributed by atoms with Crippen molar-refractivity contribution in [1.82, 2.24) is 9.97 Å². The molecule has 0 aliphatic carbocycles. The summed E-state index contributed by atoms with van der Waals surface area (Å²) < 4.78 is 5.19. The average molecular weight is 406 g/mol. The number of nitrogens with one attached hydrogen (secondary N) is 1. The molecule has 29 heavy (non-hydrogen) atoms. The fourth-order valence-corrected chi connectivity index (χ4v) is 4.14. The topological polar surface area (TPSA) is 84.4 Å². The van der Waals surface area contributed by atoms with Gasteiger partial charge in [-0.25, -0.2) is 9.97 Å². The SMILES string of the molecule is COCCN1C(=O)c2ccccc2Sc2cc(NC(=O)c3ccncn3)ccc21. The van der Waals surface area contributed by atoms with Crippen LogP contribution in [0.3, 0.4) is 0 Å². The quantitative estimate of drug-likeness (QED) is 0.698. The number of carbonyl (C=O) groups excluding carboxylic acids is 2. The molecule has 4 rings (SSSR count). The molecule has 0 saturated heterocycles. The minimum Gasteiger partial charge on any atom is -0.383 e. The van der Waals surface area contributed by atoms with Crippen molar-refractivity contribution in [3.05, 3.63) is 72.3 Å². The van der Waals surface area contributed by atoms with Crippen LogP contribution in [0.2, 0.25) is 0 Å². The van der Waals surface area contributed by atoms with E-state index in [0.29, 0.717) is 24.4 Å². The number of methoxy groups -OCH3 is 1. The predicted octanol–water partition coefficient (Wildman–Crippen LogP) is 3.49. The molecule has 8 heteroatoms. The largest absolute Gasteiger partial charge is 0.383 e. The third-order valence-electron chi connectivity index (χ3n) is 4.42. The Balaban J connectivity index is 1.69. The first-order valence-electron chi connectivity index (χ1n) is 8.96. The van der Waals surface area contributed by atoms with Crippen LogP contribution in [0.25, 0.3) is 0 Å². The zero-order chi connectivity index (χ0) is 20.2. The van der Waals surface area contributed by atoms with Gasteiger partial charge >= 0.3 is 0 Å². The van der Waals surface area contributed by atoms with Crippen molar-refractivity contribution in [2.45, 2.75) is 9.79 Å². The molecule has 2 aromatic carbocycles. The Bertz CT molecular complexity index is 1060. The number of fused-ring (bicyclic) bond motifs is 2. The Labute approximate surface area is 172 Å². The van der Waals surface area contributed by atoms with Gasteiger partial charge in [0.2, 0.25) is 0 Å². The Morgan fingerprint density at radius 1 is 1.17 bits per heavy atom. The highest BCUT2D eigenvalue weighted by Crippen LogP contribution is 2.42. The van der Waals surface area contributed by atoms with Gasteiger partial charge in [0.15, 0.2) is 0 Å². The number of benzene rings is 2. The zero-order valence-corrected chi connectivity index (χ0v) is 16.5. The number of amides is 2. The van der Waals surface area contributed by atoms with Crippen molar-refractivity contribution in [3.63, 3.8) is 0 Å². The van der Waals surface area contributed by atoms with Crippen LogP contribution < -0.4 is 10.2 Å². The number of nitrogens with zero attached hydrogens (tertiary/aromatic N) is 3. The zero-order valence-electron chi connectivity index (χ0n) is 15.7. The van der Waals surface area contributed by atoms with Gasteiger partial charge in [-0.05, 0) is 36.4 Å². The van der Waals surface area contributed by atoms with Gasteiger partial charge in [-0.3, -0.25) is 9.59 Å². The molecule has 146 valence electrons. The summed E-state index contributed by atoms with van der Waals surface area (Å²) in [6.45, 7) is 0.855. The summed E-state index contributed by atoms with van der Waals surface area (Å²) in [5.41, 5.74) is 2.34. The van der Waals surface area contributed by atoms with Crippen molar-refractivity contribution in [2.24, 2.45) is 0 Å². The predicted molar refractivity (Wildman–Crippen MR) is 111 cm³/mol. The lowest BCUT2D eigenvalue weighted by atomic mass is 10.1.